The van der Waals surface area contributed by atoms with Gasteiger partial charge in [-0.3, -0.25) is 0 Å². The van der Waals surface area contributed by atoms with Crippen molar-refractivity contribution in [3.8, 4) is 0 Å². The Morgan fingerprint density at radius 1 is 1.06 bits per heavy atom. The van der Waals surface area contributed by atoms with Crippen molar-refractivity contribution < 1.29 is 0 Å². The molecule has 0 amide bonds. The number of rotatable bonds is 5. The van der Waals surface area contributed by atoms with Gasteiger partial charge in [-0.2, -0.15) is 0 Å². The minimum atomic E-state index is 0.571. The van der Waals surface area contributed by atoms with E-state index in [1.807, 2.05) is 0 Å². The van der Waals surface area contributed by atoms with Crippen LogP contribution in [0.4, 0.5) is 0 Å². The van der Waals surface area contributed by atoms with Gasteiger partial charge < -0.3 is 5.32 Å². The van der Waals surface area contributed by atoms with Crippen LogP contribution in [0.25, 0.3) is 0 Å². The maximum absolute atomic E-state index is 3.83. The second-order valence-electron chi connectivity index (χ2n) is 7.39. The zero-order valence-electron chi connectivity index (χ0n) is 12.8. The molecule has 0 bridgehead atoms. The molecule has 18 heavy (non-hydrogen) atoms. The summed E-state index contributed by atoms with van der Waals surface area (Å²) in [4.78, 5) is 0. The van der Waals surface area contributed by atoms with E-state index in [-0.39, 0.29) is 0 Å². The van der Waals surface area contributed by atoms with Crippen LogP contribution in [-0.2, 0) is 0 Å². The van der Waals surface area contributed by atoms with Gasteiger partial charge in [0.1, 0.15) is 0 Å². The Morgan fingerprint density at radius 3 is 2.33 bits per heavy atom. The molecule has 0 aromatic carbocycles. The Hall–Kier alpha value is -0.0400. The highest BCUT2D eigenvalue weighted by Crippen LogP contribution is 2.46. The van der Waals surface area contributed by atoms with Crippen LogP contribution in [0.5, 0.6) is 0 Å². The summed E-state index contributed by atoms with van der Waals surface area (Å²) in [6.07, 6.45) is 13.2. The van der Waals surface area contributed by atoms with E-state index < -0.39 is 0 Å². The molecule has 2 saturated carbocycles. The molecular weight excluding hydrogens is 218 g/mol. The molecule has 0 aromatic rings. The first-order valence-electron chi connectivity index (χ1n) is 8.37. The minimum absolute atomic E-state index is 0.571. The lowest BCUT2D eigenvalue weighted by molar-refractivity contribution is 0.165. The molecule has 2 aliphatic carbocycles. The molecule has 1 N–H and O–H groups in total. The Bertz CT molecular complexity index is 240. The lowest BCUT2D eigenvalue weighted by Crippen LogP contribution is -2.42. The molecule has 0 saturated heterocycles. The molecule has 1 nitrogen and oxygen atoms in total. The second kappa shape index (κ2) is 6.41. The SMILES string of the molecule is CCNC(CC1CCCCC1)C1CCCC1(C)C. The summed E-state index contributed by atoms with van der Waals surface area (Å²) in [5.74, 6) is 1.93. The third-order valence-corrected chi connectivity index (χ3v) is 5.60. The summed E-state index contributed by atoms with van der Waals surface area (Å²) >= 11 is 0. The van der Waals surface area contributed by atoms with Crippen LogP contribution in [0.15, 0.2) is 0 Å². The number of hydrogen-bond acceptors (Lipinski definition) is 1. The highest BCUT2D eigenvalue weighted by Gasteiger charge is 2.39. The smallest absolute Gasteiger partial charge is 0.0103 e. The molecule has 0 aliphatic heterocycles. The van der Waals surface area contributed by atoms with E-state index in [0.29, 0.717) is 5.41 Å². The molecule has 2 aliphatic rings. The van der Waals surface area contributed by atoms with E-state index in [1.165, 1.54) is 57.8 Å². The Balaban J connectivity index is 1.94. The molecule has 0 aromatic heterocycles. The van der Waals surface area contributed by atoms with E-state index in [2.05, 4.69) is 26.1 Å². The van der Waals surface area contributed by atoms with Crippen molar-refractivity contribution in [2.75, 3.05) is 6.54 Å². The summed E-state index contributed by atoms with van der Waals surface area (Å²) in [5, 5.41) is 3.83. The van der Waals surface area contributed by atoms with Crippen LogP contribution in [-0.4, -0.2) is 12.6 Å². The van der Waals surface area contributed by atoms with Gasteiger partial charge in [0.15, 0.2) is 0 Å². The third kappa shape index (κ3) is 3.50. The van der Waals surface area contributed by atoms with Gasteiger partial charge in [-0.1, -0.05) is 59.3 Å². The fourth-order valence-corrected chi connectivity index (χ4v) is 4.53. The monoisotopic (exact) mass is 251 g/mol. The summed E-state index contributed by atoms with van der Waals surface area (Å²) in [7, 11) is 0. The highest BCUT2D eigenvalue weighted by atomic mass is 14.9. The quantitative estimate of drug-likeness (QED) is 0.743. The van der Waals surface area contributed by atoms with Crippen molar-refractivity contribution in [3.05, 3.63) is 0 Å². The van der Waals surface area contributed by atoms with Crippen LogP contribution >= 0.6 is 0 Å². The maximum atomic E-state index is 3.83. The predicted molar refractivity (Wildman–Crippen MR) is 79.8 cm³/mol. The first-order chi connectivity index (χ1) is 8.63. The molecule has 2 rings (SSSR count). The van der Waals surface area contributed by atoms with Gasteiger partial charge in [-0.25, -0.2) is 0 Å². The molecule has 0 heterocycles. The number of nitrogens with one attached hydrogen (secondary N) is 1. The Morgan fingerprint density at radius 2 is 1.78 bits per heavy atom. The lowest BCUT2D eigenvalue weighted by atomic mass is 9.73. The van der Waals surface area contributed by atoms with Crippen molar-refractivity contribution in [2.45, 2.75) is 84.6 Å². The van der Waals surface area contributed by atoms with E-state index >= 15 is 0 Å². The number of hydrogen-bond donors (Lipinski definition) is 1. The van der Waals surface area contributed by atoms with Gasteiger partial charge in [-0.05, 0) is 43.1 Å². The van der Waals surface area contributed by atoms with Gasteiger partial charge in [0.05, 0.1) is 0 Å². The largest absolute Gasteiger partial charge is 0.314 e. The van der Waals surface area contributed by atoms with Crippen molar-refractivity contribution >= 4 is 0 Å². The van der Waals surface area contributed by atoms with Crippen LogP contribution in [0.1, 0.15) is 78.6 Å². The van der Waals surface area contributed by atoms with Crippen LogP contribution < -0.4 is 5.32 Å². The molecule has 2 fully saturated rings. The topological polar surface area (TPSA) is 12.0 Å². The van der Waals surface area contributed by atoms with Gasteiger partial charge >= 0.3 is 0 Å². The third-order valence-electron chi connectivity index (χ3n) is 5.60. The van der Waals surface area contributed by atoms with Crippen molar-refractivity contribution in [1.29, 1.82) is 0 Å². The first kappa shape index (κ1) is 14.4. The molecule has 106 valence electrons. The van der Waals surface area contributed by atoms with Gasteiger partial charge in [0.25, 0.3) is 0 Å². The average molecular weight is 251 g/mol. The molecule has 0 spiro atoms. The van der Waals surface area contributed by atoms with Crippen LogP contribution in [0.2, 0.25) is 0 Å². The highest BCUT2D eigenvalue weighted by molar-refractivity contribution is 4.93. The molecular formula is C17H33N. The zero-order valence-corrected chi connectivity index (χ0v) is 12.8. The predicted octanol–water partition coefficient (Wildman–Crippen LogP) is 4.76. The standard InChI is InChI=1S/C17H33N/c1-4-18-16(13-14-9-6-5-7-10-14)15-11-8-12-17(15,2)3/h14-16,18H,4-13H2,1-3H3. The van der Waals surface area contributed by atoms with Crippen LogP contribution in [0.3, 0.4) is 0 Å². The first-order valence-corrected chi connectivity index (χ1v) is 8.37. The zero-order chi connectivity index (χ0) is 13.0. The summed E-state index contributed by atoms with van der Waals surface area (Å²) < 4.78 is 0. The van der Waals surface area contributed by atoms with E-state index in [4.69, 9.17) is 0 Å². The van der Waals surface area contributed by atoms with E-state index in [1.54, 1.807) is 0 Å². The maximum Gasteiger partial charge on any atom is 0.0103 e. The van der Waals surface area contributed by atoms with Crippen LogP contribution in [0, 0.1) is 17.3 Å². The second-order valence-corrected chi connectivity index (χ2v) is 7.39. The summed E-state index contributed by atoms with van der Waals surface area (Å²) in [5.41, 5.74) is 0.571. The fraction of sp³-hybridized carbons (Fsp3) is 1.00. The molecule has 1 heteroatoms. The van der Waals surface area contributed by atoms with Gasteiger partial charge in [0.2, 0.25) is 0 Å². The minimum Gasteiger partial charge on any atom is -0.314 e. The fourth-order valence-electron chi connectivity index (χ4n) is 4.53. The summed E-state index contributed by atoms with van der Waals surface area (Å²) in [6, 6.07) is 0.788. The lowest BCUT2D eigenvalue weighted by Gasteiger charge is -2.37. The van der Waals surface area contributed by atoms with Gasteiger partial charge in [0, 0.05) is 6.04 Å². The molecule has 2 atom stereocenters. The normalized spacial score (nSPS) is 30.5. The van der Waals surface area contributed by atoms with Crippen molar-refractivity contribution in [2.24, 2.45) is 17.3 Å². The van der Waals surface area contributed by atoms with E-state index in [0.717, 1.165) is 24.4 Å². The van der Waals surface area contributed by atoms with Crippen molar-refractivity contribution in [3.63, 3.8) is 0 Å². The molecule has 0 radical (unpaired) electrons. The van der Waals surface area contributed by atoms with Crippen molar-refractivity contribution in [1.82, 2.24) is 5.32 Å². The molecule has 2 unspecified atom stereocenters. The Kier molecular flexibility index (Phi) is 5.12. The van der Waals surface area contributed by atoms with E-state index in [9.17, 15) is 0 Å². The average Bonchev–Trinajstić information content (AvgIpc) is 2.70. The van der Waals surface area contributed by atoms with Gasteiger partial charge in [-0.15, -0.1) is 0 Å². The Labute approximate surface area is 114 Å². The summed E-state index contributed by atoms with van der Waals surface area (Å²) in [6.45, 7) is 8.41.